The lowest BCUT2D eigenvalue weighted by Crippen LogP contribution is -2.15. The summed E-state index contributed by atoms with van der Waals surface area (Å²) in [4.78, 5) is 3.97. The molecule has 1 aromatic heterocycles. The summed E-state index contributed by atoms with van der Waals surface area (Å²) in [6.45, 7) is -0.446. The first-order valence-electron chi connectivity index (χ1n) is 5.21. The van der Waals surface area contributed by atoms with Gasteiger partial charge in [0.05, 0.1) is 6.10 Å². The summed E-state index contributed by atoms with van der Waals surface area (Å²) < 4.78 is 29.0. The molecule has 1 heterocycles. The van der Waals surface area contributed by atoms with Crippen molar-refractivity contribution in [2.24, 2.45) is 0 Å². The first-order chi connectivity index (χ1) is 8.08. The van der Waals surface area contributed by atoms with Crippen LogP contribution in [0.2, 0.25) is 0 Å². The van der Waals surface area contributed by atoms with E-state index in [0.717, 1.165) is 10.0 Å². The van der Waals surface area contributed by atoms with Gasteiger partial charge in [0.15, 0.2) is 0 Å². The van der Waals surface area contributed by atoms with Crippen LogP contribution in [-0.2, 0) is 11.2 Å². The van der Waals surface area contributed by atoms with Crippen LogP contribution in [0.5, 0.6) is 0 Å². The number of aromatic nitrogens is 1. The second kappa shape index (κ2) is 7.68. The van der Waals surface area contributed by atoms with Crippen molar-refractivity contribution in [2.45, 2.75) is 25.4 Å². The van der Waals surface area contributed by atoms with Gasteiger partial charge < -0.3 is 9.84 Å². The number of aliphatic hydroxyl groups excluding tert-OH is 1. The van der Waals surface area contributed by atoms with Crippen LogP contribution in [0, 0.1) is 0 Å². The lowest BCUT2D eigenvalue weighted by molar-refractivity contribution is 0.00512. The molecule has 0 aliphatic carbocycles. The average molecular weight is 310 g/mol. The molecule has 17 heavy (non-hydrogen) atoms. The average Bonchev–Trinajstić information content (AvgIpc) is 2.24. The van der Waals surface area contributed by atoms with Gasteiger partial charge in [0, 0.05) is 23.5 Å². The largest absolute Gasteiger partial charge is 0.393 e. The first-order valence-corrected chi connectivity index (χ1v) is 6.00. The molecular formula is C11H14BrF2NO2. The topological polar surface area (TPSA) is 42.4 Å². The van der Waals surface area contributed by atoms with Crippen molar-refractivity contribution in [1.29, 1.82) is 0 Å². The van der Waals surface area contributed by atoms with Crippen LogP contribution in [0.25, 0.3) is 0 Å². The monoisotopic (exact) mass is 309 g/mol. The van der Waals surface area contributed by atoms with E-state index >= 15 is 0 Å². The molecular weight excluding hydrogens is 296 g/mol. The van der Waals surface area contributed by atoms with Crippen LogP contribution in [-0.4, -0.2) is 35.8 Å². The molecule has 3 nitrogen and oxygen atoms in total. The molecule has 0 amide bonds. The van der Waals surface area contributed by atoms with E-state index in [4.69, 9.17) is 4.74 Å². The van der Waals surface area contributed by atoms with Gasteiger partial charge in [-0.1, -0.05) is 0 Å². The quantitative estimate of drug-likeness (QED) is 0.787. The van der Waals surface area contributed by atoms with Gasteiger partial charge in [-0.05, 0) is 40.4 Å². The Labute approximate surface area is 107 Å². The van der Waals surface area contributed by atoms with Crippen LogP contribution in [0.1, 0.15) is 12.0 Å². The van der Waals surface area contributed by atoms with Crippen molar-refractivity contribution < 1.29 is 18.6 Å². The molecule has 0 fully saturated rings. The number of ether oxygens (including phenoxy) is 1. The van der Waals surface area contributed by atoms with Crippen LogP contribution in [0.15, 0.2) is 22.9 Å². The molecule has 1 unspecified atom stereocenters. The minimum Gasteiger partial charge on any atom is -0.393 e. The van der Waals surface area contributed by atoms with Crippen LogP contribution >= 0.6 is 15.9 Å². The van der Waals surface area contributed by atoms with E-state index in [0.29, 0.717) is 12.8 Å². The fourth-order valence-electron chi connectivity index (χ4n) is 1.33. The van der Waals surface area contributed by atoms with E-state index in [9.17, 15) is 13.9 Å². The summed E-state index contributed by atoms with van der Waals surface area (Å²) in [6.07, 6.45) is 1.02. The SMILES string of the molecule is OC(CCOCC(F)F)Cc1cncc(Br)c1. The number of pyridine rings is 1. The molecule has 6 heteroatoms. The molecule has 0 saturated heterocycles. The van der Waals surface area contributed by atoms with Gasteiger partial charge in [0.2, 0.25) is 0 Å². The smallest absolute Gasteiger partial charge is 0.261 e. The zero-order valence-electron chi connectivity index (χ0n) is 9.15. The zero-order valence-corrected chi connectivity index (χ0v) is 10.7. The van der Waals surface area contributed by atoms with Gasteiger partial charge in [0.25, 0.3) is 6.43 Å². The van der Waals surface area contributed by atoms with E-state index in [-0.39, 0.29) is 6.61 Å². The van der Waals surface area contributed by atoms with Crippen molar-refractivity contribution in [3.05, 3.63) is 28.5 Å². The normalized spacial score (nSPS) is 13.0. The Hall–Kier alpha value is -0.590. The summed E-state index contributed by atoms with van der Waals surface area (Å²) in [5.74, 6) is 0. The number of alkyl halides is 2. The fourth-order valence-corrected chi connectivity index (χ4v) is 1.75. The Morgan fingerprint density at radius 3 is 2.82 bits per heavy atom. The van der Waals surface area contributed by atoms with E-state index < -0.39 is 19.1 Å². The third-order valence-electron chi connectivity index (χ3n) is 2.07. The van der Waals surface area contributed by atoms with Crippen molar-refractivity contribution in [3.8, 4) is 0 Å². The van der Waals surface area contributed by atoms with Gasteiger partial charge >= 0.3 is 0 Å². The highest BCUT2D eigenvalue weighted by Gasteiger charge is 2.08. The molecule has 0 radical (unpaired) electrons. The number of aliphatic hydroxyl groups is 1. The Morgan fingerprint density at radius 2 is 2.18 bits per heavy atom. The minimum atomic E-state index is -2.46. The molecule has 0 bridgehead atoms. The number of nitrogens with zero attached hydrogens (tertiary/aromatic N) is 1. The number of hydrogen-bond donors (Lipinski definition) is 1. The van der Waals surface area contributed by atoms with Crippen LogP contribution in [0.4, 0.5) is 8.78 Å². The maximum Gasteiger partial charge on any atom is 0.261 e. The first kappa shape index (κ1) is 14.5. The van der Waals surface area contributed by atoms with Crippen molar-refractivity contribution in [2.75, 3.05) is 13.2 Å². The van der Waals surface area contributed by atoms with Gasteiger partial charge in [-0.25, -0.2) is 8.78 Å². The lowest BCUT2D eigenvalue weighted by Gasteiger charge is -2.10. The summed E-state index contributed by atoms with van der Waals surface area (Å²) >= 11 is 3.28. The molecule has 1 N–H and O–H groups in total. The highest BCUT2D eigenvalue weighted by atomic mass is 79.9. The predicted octanol–water partition coefficient (Wildman–Crippen LogP) is 2.42. The molecule has 1 aromatic rings. The predicted molar refractivity (Wildman–Crippen MR) is 63.1 cm³/mol. The molecule has 1 atom stereocenters. The van der Waals surface area contributed by atoms with E-state index in [1.165, 1.54) is 0 Å². The van der Waals surface area contributed by atoms with E-state index in [1.807, 2.05) is 6.07 Å². The Kier molecular flexibility index (Phi) is 6.54. The molecule has 96 valence electrons. The third kappa shape index (κ3) is 6.65. The van der Waals surface area contributed by atoms with Crippen molar-refractivity contribution in [1.82, 2.24) is 4.98 Å². The molecule has 0 saturated carbocycles. The molecule has 0 spiro atoms. The van der Waals surface area contributed by atoms with Crippen molar-refractivity contribution >= 4 is 15.9 Å². The van der Waals surface area contributed by atoms with Gasteiger partial charge in [-0.2, -0.15) is 0 Å². The fraction of sp³-hybridized carbons (Fsp3) is 0.545. The van der Waals surface area contributed by atoms with Crippen LogP contribution < -0.4 is 0 Å². The minimum absolute atomic E-state index is 0.132. The second-order valence-electron chi connectivity index (χ2n) is 3.62. The lowest BCUT2D eigenvalue weighted by atomic mass is 10.1. The Morgan fingerprint density at radius 1 is 1.41 bits per heavy atom. The molecule has 1 rings (SSSR count). The molecule has 0 aliphatic rings. The Bertz CT molecular complexity index is 339. The standard InChI is InChI=1S/C11H14BrF2NO2/c12-9-3-8(5-15-6-9)4-10(16)1-2-17-7-11(13)14/h3,5-6,10-11,16H,1-2,4,7H2. The van der Waals surface area contributed by atoms with Crippen LogP contribution in [0.3, 0.4) is 0 Å². The van der Waals surface area contributed by atoms with E-state index in [2.05, 4.69) is 20.9 Å². The Balaban J connectivity index is 2.23. The van der Waals surface area contributed by atoms with E-state index in [1.54, 1.807) is 12.4 Å². The van der Waals surface area contributed by atoms with Gasteiger partial charge in [0.1, 0.15) is 6.61 Å². The maximum absolute atomic E-state index is 11.7. The van der Waals surface area contributed by atoms with Gasteiger partial charge in [-0.3, -0.25) is 4.98 Å². The number of halogens is 3. The van der Waals surface area contributed by atoms with Crippen molar-refractivity contribution in [3.63, 3.8) is 0 Å². The zero-order chi connectivity index (χ0) is 12.7. The molecule has 0 aliphatic heterocycles. The second-order valence-corrected chi connectivity index (χ2v) is 4.54. The third-order valence-corrected chi connectivity index (χ3v) is 2.51. The summed E-state index contributed by atoms with van der Waals surface area (Å²) in [7, 11) is 0. The molecule has 0 aromatic carbocycles. The summed E-state index contributed by atoms with van der Waals surface area (Å²) in [5.41, 5.74) is 0.890. The van der Waals surface area contributed by atoms with Gasteiger partial charge in [-0.15, -0.1) is 0 Å². The highest BCUT2D eigenvalue weighted by Crippen LogP contribution is 2.12. The summed E-state index contributed by atoms with van der Waals surface area (Å²) in [6, 6.07) is 1.86. The maximum atomic E-state index is 11.7. The highest BCUT2D eigenvalue weighted by molar-refractivity contribution is 9.10. The number of hydrogen-bond acceptors (Lipinski definition) is 3. The summed E-state index contributed by atoms with van der Waals surface area (Å²) in [5, 5.41) is 9.65. The number of rotatable bonds is 7.